The van der Waals surface area contributed by atoms with Crippen molar-refractivity contribution in [1.29, 1.82) is 0 Å². The van der Waals surface area contributed by atoms with Crippen molar-refractivity contribution < 1.29 is 9.63 Å². The average Bonchev–Trinajstić information content (AvgIpc) is 3.02. The highest BCUT2D eigenvalue weighted by molar-refractivity contribution is 7.12. The maximum Gasteiger partial charge on any atom is 0.356 e. The first-order valence-corrected chi connectivity index (χ1v) is 6.59. The van der Waals surface area contributed by atoms with Crippen molar-refractivity contribution in [2.45, 2.75) is 13.5 Å². The van der Waals surface area contributed by atoms with Crippen molar-refractivity contribution in [3.63, 3.8) is 0 Å². The minimum absolute atomic E-state index is 0.0697. The lowest BCUT2D eigenvalue weighted by Gasteiger charge is -2.02. The van der Waals surface area contributed by atoms with Gasteiger partial charge in [-0.25, -0.2) is 4.79 Å². The van der Waals surface area contributed by atoms with Gasteiger partial charge in [-0.3, -0.25) is 4.68 Å². The molecule has 8 heteroatoms. The van der Waals surface area contributed by atoms with Gasteiger partial charge in [-0.05, 0) is 18.4 Å². The van der Waals surface area contributed by atoms with Gasteiger partial charge in [-0.2, -0.15) is 5.10 Å². The molecule has 0 radical (unpaired) electrons. The molecule has 0 aliphatic rings. The number of aromatic nitrogens is 2. The molecule has 0 unspecified atom stereocenters. The lowest BCUT2D eigenvalue weighted by Crippen LogP contribution is -2.17. The molecule has 2 rings (SSSR count). The van der Waals surface area contributed by atoms with Crippen LogP contribution in [0.15, 0.2) is 28.9 Å². The summed E-state index contributed by atoms with van der Waals surface area (Å²) in [6.45, 7) is 1.69. The van der Waals surface area contributed by atoms with Crippen LogP contribution in [0.2, 0.25) is 5.02 Å². The summed E-state index contributed by atoms with van der Waals surface area (Å²) >= 11 is 7.24. The van der Waals surface area contributed by atoms with Crippen LogP contribution in [0.3, 0.4) is 0 Å². The first-order chi connectivity index (χ1) is 9.08. The Bertz CT molecular complexity index is 606. The molecule has 0 bridgehead atoms. The van der Waals surface area contributed by atoms with Gasteiger partial charge in [0.2, 0.25) is 0 Å². The van der Waals surface area contributed by atoms with E-state index in [1.165, 1.54) is 22.2 Å². The Kier molecular flexibility index (Phi) is 4.18. The van der Waals surface area contributed by atoms with Gasteiger partial charge < -0.3 is 10.6 Å². The standard InChI is InChI=1S/C11H11ClN4O2S/c1-7-8(12)5-14-16(7)6-10(17)18-15-11(13)9-3-2-4-19-9/h2-5H,6H2,1H3,(H2,13,15). The van der Waals surface area contributed by atoms with E-state index >= 15 is 0 Å². The van der Waals surface area contributed by atoms with Crippen LogP contribution in [0.1, 0.15) is 10.6 Å². The minimum Gasteiger partial charge on any atom is -0.380 e. The molecule has 2 aromatic rings. The Morgan fingerprint density at radius 2 is 2.47 bits per heavy atom. The molecule has 100 valence electrons. The number of halogens is 1. The average molecular weight is 299 g/mol. The summed E-state index contributed by atoms with van der Waals surface area (Å²) in [5, 5.41) is 9.87. The van der Waals surface area contributed by atoms with Gasteiger partial charge >= 0.3 is 5.97 Å². The lowest BCUT2D eigenvalue weighted by molar-refractivity contribution is -0.144. The summed E-state index contributed by atoms with van der Waals surface area (Å²) < 4.78 is 1.43. The molecule has 0 atom stereocenters. The highest BCUT2D eigenvalue weighted by Gasteiger charge is 2.10. The van der Waals surface area contributed by atoms with Crippen molar-refractivity contribution in [2.75, 3.05) is 0 Å². The number of amidine groups is 1. The van der Waals surface area contributed by atoms with Crippen LogP contribution >= 0.6 is 22.9 Å². The van der Waals surface area contributed by atoms with Crippen molar-refractivity contribution in [3.8, 4) is 0 Å². The zero-order chi connectivity index (χ0) is 13.8. The second kappa shape index (κ2) is 5.85. The van der Waals surface area contributed by atoms with E-state index in [1.54, 1.807) is 13.0 Å². The van der Waals surface area contributed by atoms with E-state index in [0.717, 1.165) is 4.88 Å². The molecule has 0 saturated heterocycles. The number of rotatable bonds is 4. The normalized spacial score (nSPS) is 11.6. The number of thiophene rings is 1. The highest BCUT2D eigenvalue weighted by atomic mass is 35.5. The maximum atomic E-state index is 11.6. The third-order valence-corrected chi connectivity index (χ3v) is 3.61. The Morgan fingerprint density at radius 3 is 3.05 bits per heavy atom. The SMILES string of the molecule is Cc1c(Cl)cnn1CC(=O)O/N=C(\N)c1cccs1. The molecule has 0 amide bonds. The van der Waals surface area contributed by atoms with Crippen molar-refractivity contribution in [2.24, 2.45) is 10.9 Å². The van der Waals surface area contributed by atoms with Crippen LogP contribution in [0.4, 0.5) is 0 Å². The molecule has 0 fully saturated rings. The molecule has 2 N–H and O–H groups in total. The molecule has 2 aromatic heterocycles. The van der Waals surface area contributed by atoms with Gasteiger partial charge in [0.15, 0.2) is 5.84 Å². The van der Waals surface area contributed by atoms with Gasteiger partial charge in [0.1, 0.15) is 6.54 Å². The zero-order valence-corrected chi connectivity index (χ0v) is 11.6. The van der Waals surface area contributed by atoms with Crippen molar-refractivity contribution in [1.82, 2.24) is 9.78 Å². The third kappa shape index (κ3) is 3.33. The fourth-order valence-electron chi connectivity index (χ4n) is 1.30. The molecular weight excluding hydrogens is 288 g/mol. The molecule has 19 heavy (non-hydrogen) atoms. The smallest absolute Gasteiger partial charge is 0.356 e. The highest BCUT2D eigenvalue weighted by Crippen LogP contribution is 2.13. The largest absolute Gasteiger partial charge is 0.380 e. The summed E-state index contributed by atoms with van der Waals surface area (Å²) in [6, 6.07) is 3.62. The molecule has 0 aliphatic heterocycles. The van der Waals surface area contributed by atoms with Crippen LogP contribution in [0.5, 0.6) is 0 Å². The Balaban J connectivity index is 1.95. The molecule has 2 heterocycles. The number of hydrogen-bond donors (Lipinski definition) is 1. The van der Waals surface area contributed by atoms with Gasteiger partial charge in [0, 0.05) is 0 Å². The van der Waals surface area contributed by atoms with E-state index in [4.69, 9.17) is 22.2 Å². The van der Waals surface area contributed by atoms with Crippen LogP contribution < -0.4 is 5.73 Å². The molecule has 0 spiro atoms. The third-order valence-electron chi connectivity index (χ3n) is 2.34. The Morgan fingerprint density at radius 1 is 1.68 bits per heavy atom. The number of hydrogen-bond acceptors (Lipinski definition) is 5. The second-order valence-corrected chi connectivity index (χ2v) is 5.01. The first-order valence-electron chi connectivity index (χ1n) is 5.33. The molecule has 6 nitrogen and oxygen atoms in total. The number of oxime groups is 1. The van der Waals surface area contributed by atoms with E-state index in [2.05, 4.69) is 10.3 Å². The lowest BCUT2D eigenvalue weighted by atomic mass is 10.4. The van der Waals surface area contributed by atoms with E-state index in [-0.39, 0.29) is 12.4 Å². The van der Waals surface area contributed by atoms with Gasteiger partial charge in [0.05, 0.1) is 21.8 Å². The van der Waals surface area contributed by atoms with Crippen LogP contribution in [0.25, 0.3) is 0 Å². The summed E-state index contributed by atoms with van der Waals surface area (Å²) in [5.41, 5.74) is 6.34. The predicted octanol–water partition coefficient (Wildman–Crippen LogP) is 1.77. The Labute approximate surface area is 118 Å². The fraction of sp³-hybridized carbons (Fsp3) is 0.182. The van der Waals surface area contributed by atoms with Crippen LogP contribution in [-0.4, -0.2) is 21.6 Å². The maximum absolute atomic E-state index is 11.6. The van der Waals surface area contributed by atoms with Gasteiger partial charge in [-0.1, -0.05) is 22.8 Å². The summed E-state index contributed by atoms with van der Waals surface area (Å²) in [6.07, 6.45) is 1.47. The fourth-order valence-corrected chi connectivity index (χ4v) is 2.06. The number of nitrogens with two attached hydrogens (primary N) is 1. The molecule has 0 aromatic carbocycles. The van der Waals surface area contributed by atoms with E-state index in [1.807, 2.05) is 11.4 Å². The zero-order valence-electron chi connectivity index (χ0n) is 10.0. The van der Waals surface area contributed by atoms with E-state index < -0.39 is 5.97 Å². The topological polar surface area (TPSA) is 82.5 Å². The molecule has 0 aliphatic carbocycles. The second-order valence-electron chi connectivity index (χ2n) is 3.65. The monoisotopic (exact) mass is 298 g/mol. The number of carbonyl (C=O) groups is 1. The van der Waals surface area contributed by atoms with Crippen molar-refractivity contribution in [3.05, 3.63) is 39.3 Å². The first kappa shape index (κ1) is 13.6. The van der Waals surface area contributed by atoms with Crippen LogP contribution in [-0.2, 0) is 16.2 Å². The van der Waals surface area contributed by atoms with Gasteiger partial charge in [0.25, 0.3) is 0 Å². The number of nitrogens with zero attached hydrogens (tertiary/aromatic N) is 3. The summed E-state index contributed by atoms with van der Waals surface area (Å²) in [5.74, 6) is -0.402. The van der Waals surface area contributed by atoms with E-state index in [0.29, 0.717) is 10.7 Å². The predicted molar refractivity (Wildman–Crippen MR) is 73.1 cm³/mol. The van der Waals surface area contributed by atoms with E-state index in [9.17, 15) is 4.79 Å². The van der Waals surface area contributed by atoms with Gasteiger partial charge in [-0.15, -0.1) is 11.3 Å². The van der Waals surface area contributed by atoms with Crippen LogP contribution in [0, 0.1) is 6.92 Å². The quantitative estimate of drug-likeness (QED) is 0.403. The molecular formula is C11H11ClN4O2S. The minimum atomic E-state index is -0.567. The Hall–Kier alpha value is -1.86. The summed E-state index contributed by atoms with van der Waals surface area (Å²) in [7, 11) is 0. The summed E-state index contributed by atoms with van der Waals surface area (Å²) in [4.78, 5) is 17.0. The van der Waals surface area contributed by atoms with Crippen molar-refractivity contribution >= 4 is 34.7 Å². The molecule has 0 saturated carbocycles. The number of carbonyl (C=O) groups excluding carboxylic acids is 1.